The van der Waals surface area contributed by atoms with E-state index in [9.17, 15) is 0 Å². The van der Waals surface area contributed by atoms with Crippen molar-refractivity contribution in [1.29, 1.82) is 0 Å². The molecule has 2 heterocycles. The lowest BCUT2D eigenvalue weighted by Crippen LogP contribution is -2.34. The quantitative estimate of drug-likeness (QED) is 0.526. The molecule has 0 fully saturated rings. The van der Waals surface area contributed by atoms with Crippen molar-refractivity contribution < 1.29 is 0 Å². The summed E-state index contributed by atoms with van der Waals surface area (Å²) in [5.74, 6) is 0. The van der Waals surface area contributed by atoms with Gasteiger partial charge in [-0.15, -0.1) is 0 Å². The van der Waals surface area contributed by atoms with Crippen LogP contribution in [0.15, 0.2) is 23.2 Å². The highest BCUT2D eigenvalue weighted by molar-refractivity contribution is 5.74. The van der Waals surface area contributed by atoms with Gasteiger partial charge in [-0.05, 0) is 6.07 Å². The predicted octanol–water partition coefficient (Wildman–Crippen LogP) is 0.735. The minimum Gasteiger partial charge on any atom is -0.397 e. The third-order valence-electron chi connectivity index (χ3n) is 2.86. The van der Waals surface area contributed by atoms with Gasteiger partial charge in [0.1, 0.15) is 0 Å². The molecule has 4 nitrogen and oxygen atoms in total. The average molecular weight is 188 g/mol. The number of hydrogen-bond acceptors (Lipinski definition) is 4. The van der Waals surface area contributed by atoms with Crippen molar-refractivity contribution in [2.75, 3.05) is 17.6 Å². The van der Waals surface area contributed by atoms with E-state index in [2.05, 4.69) is 21.7 Å². The average Bonchev–Trinajstić information content (AvgIpc) is 2.66. The standard InChI is InChI=1S/C10H12N4/c11-7-3-1-2-6-9(7)12-4-8-10(6)14-5-13-8/h1-3,5,8,10,12H,4,11H2,(H,13,14). The summed E-state index contributed by atoms with van der Waals surface area (Å²) in [7, 11) is 0. The fourth-order valence-corrected chi connectivity index (χ4v) is 2.14. The molecule has 2 unspecified atom stereocenters. The van der Waals surface area contributed by atoms with Gasteiger partial charge in [0.2, 0.25) is 0 Å². The van der Waals surface area contributed by atoms with E-state index < -0.39 is 0 Å². The van der Waals surface area contributed by atoms with E-state index >= 15 is 0 Å². The van der Waals surface area contributed by atoms with Crippen molar-refractivity contribution >= 4 is 17.7 Å². The first-order valence-corrected chi connectivity index (χ1v) is 4.76. The van der Waals surface area contributed by atoms with Crippen LogP contribution in [-0.4, -0.2) is 18.9 Å². The van der Waals surface area contributed by atoms with Crippen molar-refractivity contribution in [3.63, 3.8) is 0 Å². The van der Waals surface area contributed by atoms with Gasteiger partial charge in [0, 0.05) is 12.1 Å². The van der Waals surface area contributed by atoms with Crippen LogP contribution in [0.5, 0.6) is 0 Å². The molecule has 1 aromatic carbocycles. The molecular formula is C10H12N4. The third-order valence-corrected chi connectivity index (χ3v) is 2.86. The maximum atomic E-state index is 5.89. The number of anilines is 2. The molecule has 0 aromatic heterocycles. The van der Waals surface area contributed by atoms with E-state index in [-0.39, 0.29) is 0 Å². The molecule has 4 N–H and O–H groups in total. The second-order valence-electron chi connectivity index (χ2n) is 3.68. The summed E-state index contributed by atoms with van der Waals surface area (Å²) in [5, 5.41) is 6.58. The Labute approximate surface area is 82.2 Å². The maximum Gasteiger partial charge on any atom is 0.0932 e. The Balaban J connectivity index is 2.11. The Hall–Kier alpha value is -1.71. The van der Waals surface area contributed by atoms with Crippen molar-refractivity contribution in [3.8, 4) is 0 Å². The Morgan fingerprint density at radius 1 is 1.43 bits per heavy atom. The SMILES string of the molecule is Nc1cccc2c1NCC1N=CNC21. The van der Waals surface area contributed by atoms with E-state index in [4.69, 9.17) is 5.73 Å². The summed E-state index contributed by atoms with van der Waals surface area (Å²) >= 11 is 0. The molecule has 0 bridgehead atoms. The first-order chi connectivity index (χ1) is 6.86. The molecule has 0 saturated heterocycles. The van der Waals surface area contributed by atoms with Gasteiger partial charge < -0.3 is 16.4 Å². The number of rotatable bonds is 0. The molecule has 1 aromatic rings. The zero-order valence-electron chi connectivity index (χ0n) is 7.70. The van der Waals surface area contributed by atoms with Gasteiger partial charge in [0.15, 0.2) is 0 Å². The zero-order valence-corrected chi connectivity index (χ0v) is 7.70. The molecule has 14 heavy (non-hydrogen) atoms. The number of benzene rings is 1. The molecule has 0 saturated carbocycles. The lowest BCUT2D eigenvalue weighted by molar-refractivity contribution is 0.552. The third kappa shape index (κ3) is 0.907. The summed E-state index contributed by atoms with van der Waals surface area (Å²) in [6.07, 6.45) is 1.79. The fourth-order valence-electron chi connectivity index (χ4n) is 2.14. The van der Waals surface area contributed by atoms with E-state index in [0.717, 1.165) is 17.9 Å². The second kappa shape index (κ2) is 2.64. The van der Waals surface area contributed by atoms with Crippen LogP contribution in [0.3, 0.4) is 0 Å². The summed E-state index contributed by atoms with van der Waals surface area (Å²) in [6, 6.07) is 6.61. The van der Waals surface area contributed by atoms with Crippen LogP contribution in [0.1, 0.15) is 11.6 Å². The highest BCUT2D eigenvalue weighted by Crippen LogP contribution is 2.36. The van der Waals surface area contributed by atoms with Crippen molar-refractivity contribution in [1.82, 2.24) is 5.32 Å². The van der Waals surface area contributed by atoms with E-state index in [1.807, 2.05) is 12.1 Å². The molecule has 2 atom stereocenters. The van der Waals surface area contributed by atoms with E-state index in [1.165, 1.54) is 5.56 Å². The highest BCUT2D eigenvalue weighted by atomic mass is 15.1. The smallest absolute Gasteiger partial charge is 0.0932 e. The van der Waals surface area contributed by atoms with Gasteiger partial charge >= 0.3 is 0 Å². The minimum atomic E-state index is 0.301. The summed E-state index contributed by atoms with van der Waals surface area (Å²) in [6.45, 7) is 0.857. The lowest BCUT2D eigenvalue weighted by Gasteiger charge is -2.29. The zero-order chi connectivity index (χ0) is 9.54. The number of nitrogen functional groups attached to an aromatic ring is 1. The van der Waals surface area contributed by atoms with Gasteiger partial charge in [0.25, 0.3) is 0 Å². The minimum absolute atomic E-state index is 0.301. The first-order valence-electron chi connectivity index (χ1n) is 4.76. The second-order valence-corrected chi connectivity index (χ2v) is 3.68. The van der Waals surface area contributed by atoms with Gasteiger partial charge in [0.05, 0.1) is 29.8 Å². The van der Waals surface area contributed by atoms with Gasteiger partial charge in [-0.1, -0.05) is 12.1 Å². The monoisotopic (exact) mass is 188 g/mol. The fraction of sp³-hybridized carbons (Fsp3) is 0.300. The van der Waals surface area contributed by atoms with Crippen LogP contribution in [0.25, 0.3) is 0 Å². The number of nitrogens with one attached hydrogen (secondary N) is 2. The lowest BCUT2D eigenvalue weighted by atomic mass is 9.94. The Bertz CT molecular complexity index is 399. The highest BCUT2D eigenvalue weighted by Gasteiger charge is 2.31. The van der Waals surface area contributed by atoms with Crippen molar-refractivity contribution in [2.24, 2.45) is 4.99 Å². The summed E-state index contributed by atoms with van der Waals surface area (Å²) in [4.78, 5) is 4.35. The van der Waals surface area contributed by atoms with E-state index in [1.54, 1.807) is 6.34 Å². The van der Waals surface area contributed by atoms with Crippen LogP contribution >= 0.6 is 0 Å². The van der Waals surface area contributed by atoms with Gasteiger partial charge in [-0.2, -0.15) is 0 Å². The van der Waals surface area contributed by atoms with Crippen molar-refractivity contribution in [3.05, 3.63) is 23.8 Å². The number of aliphatic imine (C=N–C) groups is 1. The number of nitrogens with zero attached hydrogens (tertiary/aromatic N) is 1. The Morgan fingerprint density at radius 2 is 2.36 bits per heavy atom. The molecule has 0 radical (unpaired) electrons. The maximum absolute atomic E-state index is 5.89. The van der Waals surface area contributed by atoms with Crippen LogP contribution < -0.4 is 16.4 Å². The normalized spacial score (nSPS) is 27.4. The van der Waals surface area contributed by atoms with Gasteiger partial charge in [-0.3, -0.25) is 4.99 Å². The van der Waals surface area contributed by atoms with Crippen LogP contribution in [-0.2, 0) is 0 Å². The van der Waals surface area contributed by atoms with E-state index in [0.29, 0.717) is 12.1 Å². The summed E-state index contributed by atoms with van der Waals surface area (Å²) < 4.78 is 0. The number of para-hydroxylation sites is 1. The number of nitrogens with two attached hydrogens (primary N) is 1. The Kier molecular flexibility index (Phi) is 1.45. The number of fused-ring (bicyclic) bond motifs is 3. The predicted molar refractivity (Wildman–Crippen MR) is 57.5 cm³/mol. The molecule has 0 spiro atoms. The molecule has 72 valence electrons. The Morgan fingerprint density at radius 3 is 3.29 bits per heavy atom. The van der Waals surface area contributed by atoms with Crippen molar-refractivity contribution in [2.45, 2.75) is 12.1 Å². The van der Waals surface area contributed by atoms with Crippen LogP contribution in [0, 0.1) is 0 Å². The number of hydrogen-bond donors (Lipinski definition) is 3. The topological polar surface area (TPSA) is 62.4 Å². The molecule has 4 heteroatoms. The van der Waals surface area contributed by atoms with Gasteiger partial charge in [-0.25, -0.2) is 0 Å². The largest absolute Gasteiger partial charge is 0.397 e. The molecule has 3 rings (SSSR count). The molecule has 0 aliphatic carbocycles. The molecule has 2 aliphatic heterocycles. The summed E-state index contributed by atoms with van der Waals surface area (Å²) in [5.41, 5.74) is 8.99. The van der Waals surface area contributed by atoms with Crippen LogP contribution in [0.4, 0.5) is 11.4 Å². The molecule has 2 aliphatic rings. The molecular weight excluding hydrogens is 176 g/mol. The van der Waals surface area contributed by atoms with Crippen LogP contribution in [0.2, 0.25) is 0 Å². The first kappa shape index (κ1) is 7.67. The molecule has 0 amide bonds.